The quantitative estimate of drug-likeness (QED) is 0.850. The lowest BCUT2D eigenvalue weighted by Crippen LogP contribution is -2.60. The van der Waals surface area contributed by atoms with Gasteiger partial charge < -0.3 is 19.9 Å². The molecule has 3 rings (SSSR count). The Morgan fingerprint density at radius 3 is 2.64 bits per heavy atom. The fourth-order valence-corrected chi connectivity index (χ4v) is 3.62. The second-order valence-electron chi connectivity index (χ2n) is 7.19. The van der Waals surface area contributed by atoms with Gasteiger partial charge in [-0.05, 0) is 31.5 Å². The van der Waals surface area contributed by atoms with E-state index in [1.165, 1.54) is 12.1 Å². The number of nitrogens with zero attached hydrogens (tertiary/aromatic N) is 2. The number of nitrogens with one attached hydrogen (secondary N) is 1. The number of piperazine rings is 1. The van der Waals surface area contributed by atoms with E-state index in [4.69, 9.17) is 4.74 Å². The Hall–Kier alpha value is -2.71. The SMILES string of the molecule is Cc1cc(C(=O)N2CCN(C(=O)C3CCOC(=O)N3)C[C@@H]2C)cc(C(F)F)c1. The van der Waals surface area contributed by atoms with Crippen molar-refractivity contribution in [1.82, 2.24) is 15.1 Å². The van der Waals surface area contributed by atoms with Crippen LogP contribution >= 0.6 is 0 Å². The molecule has 0 aromatic heterocycles. The lowest BCUT2D eigenvalue weighted by molar-refractivity contribution is -0.136. The van der Waals surface area contributed by atoms with E-state index in [9.17, 15) is 23.2 Å². The zero-order valence-electron chi connectivity index (χ0n) is 15.8. The number of benzene rings is 1. The number of hydrogen-bond acceptors (Lipinski definition) is 4. The fourth-order valence-electron chi connectivity index (χ4n) is 3.62. The Labute approximate surface area is 161 Å². The second kappa shape index (κ2) is 8.12. The summed E-state index contributed by atoms with van der Waals surface area (Å²) in [7, 11) is 0. The van der Waals surface area contributed by atoms with Crippen LogP contribution in [0.15, 0.2) is 18.2 Å². The van der Waals surface area contributed by atoms with Crippen molar-refractivity contribution >= 4 is 17.9 Å². The van der Waals surface area contributed by atoms with Gasteiger partial charge in [0.05, 0.1) is 6.61 Å². The number of amides is 3. The number of carbonyl (C=O) groups excluding carboxylic acids is 3. The molecule has 0 aliphatic carbocycles. The van der Waals surface area contributed by atoms with Gasteiger partial charge in [0.25, 0.3) is 12.3 Å². The highest BCUT2D eigenvalue weighted by Gasteiger charge is 2.35. The Morgan fingerprint density at radius 2 is 2.00 bits per heavy atom. The molecule has 0 bridgehead atoms. The molecule has 1 aromatic carbocycles. The first-order chi connectivity index (χ1) is 13.3. The van der Waals surface area contributed by atoms with Gasteiger partial charge in [-0.1, -0.05) is 6.07 Å². The molecule has 0 spiro atoms. The average molecular weight is 395 g/mol. The highest BCUT2D eigenvalue weighted by Crippen LogP contribution is 2.23. The molecule has 1 aromatic rings. The summed E-state index contributed by atoms with van der Waals surface area (Å²) < 4.78 is 30.9. The number of rotatable bonds is 3. The molecule has 3 amide bonds. The normalized spacial score (nSPS) is 22.7. The number of alkyl halides is 2. The van der Waals surface area contributed by atoms with Crippen molar-refractivity contribution in [3.8, 4) is 0 Å². The van der Waals surface area contributed by atoms with Crippen LogP contribution in [0.4, 0.5) is 13.6 Å². The van der Waals surface area contributed by atoms with Gasteiger partial charge in [-0.15, -0.1) is 0 Å². The van der Waals surface area contributed by atoms with Gasteiger partial charge in [0.2, 0.25) is 5.91 Å². The molecule has 2 atom stereocenters. The van der Waals surface area contributed by atoms with E-state index in [1.807, 2.05) is 6.92 Å². The van der Waals surface area contributed by atoms with Crippen molar-refractivity contribution in [2.24, 2.45) is 0 Å². The van der Waals surface area contributed by atoms with Gasteiger partial charge >= 0.3 is 6.09 Å². The zero-order chi connectivity index (χ0) is 20.4. The summed E-state index contributed by atoms with van der Waals surface area (Å²) >= 11 is 0. The summed E-state index contributed by atoms with van der Waals surface area (Å²) in [4.78, 5) is 40.0. The molecule has 9 heteroatoms. The van der Waals surface area contributed by atoms with Crippen LogP contribution in [0.1, 0.15) is 41.3 Å². The van der Waals surface area contributed by atoms with Crippen LogP contribution in [-0.2, 0) is 9.53 Å². The molecule has 7 nitrogen and oxygen atoms in total. The fraction of sp³-hybridized carbons (Fsp3) is 0.526. The smallest absolute Gasteiger partial charge is 0.407 e. The molecule has 1 unspecified atom stereocenters. The maximum Gasteiger partial charge on any atom is 0.407 e. The molecule has 2 aliphatic heterocycles. The lowest BCUT2D eigenvalue weighted by Gasteiger charge is -2.41. The third-order valence-corrected chi connectivity index (χ3v) is 5.03. The number of hydrogen-bond donors (Lipinski definition) is 1. The van der Waals surface area contributed by atoms with E-state index in [-0.39, 0.29) is 35.6 Å². The van der Waals surface area contributed by atoms with E-state index in [2.05, 4.69) is 5.32 Å². The molecular weight excluding hydrogens is 372 g/mol. The molecule has 2 saturated heterocycles. The lowest BCUT2D eigenvalue weighted by atomic mass is 10.0. The van der Waals surface area contributed by atoms with E-state index >= 15 is 0 Å². The monoisotopic (exact) mass is 395 g/mol. The first-order valence-corrected chi connectivity index (χ1v) is 9.19. The third-order valence-electron chi connectivity index (χ3n) is 5.03. The summed E-state index contributed by atoms with van der Waals surface area (Å²) in [5, 5.41) is 2.51. The van der Waals surface area contributed by atoms with Crippen molar-refractivity contribution in [3.05, 3.63) is 34.9 Å². The van der Waals surface area contributed by atoms with Crippen molar-refractivity contribution < 1.29 is 27.9 Å². The van der Waals surface area contributed by atoms with Gasteiger partial charge in [-0.25, -0.2) is 13.6 Å². The Morgan fingerprint density at radius 1 is 1.25 bits per heavy atom. The van der Waals surface area contributed by atoms with Crippen LogP contribution < -0.4 is 5.32 Å². The molecule has 1 N–H and O–H groups in total. The summed E-state index contributed by atoms with van der Waals surface area (Å²) in [6, 6.07) is 3.28. The highest BCUT2D eigenvalue weighted by molar-refractivity contribution is 5.95. The van der Waals surface area contributed by atoms with Gasteiger partial charge in [0.1, 0.15) is 6.04 Å². The van der Waals surface area contributed by atoms with Gasteiger partial charge in [-0.3, -0.25) is 9.59 Å². The molecule has 0 saturated carbocycles. The van der Waals surface area contributed by atoms with Gasteiger partial charge in [-0.2, -0.15) is 0 Å². The van der Waals surface area contributed by atoms with E-state index in [0.29, 0.717) is 31.6 Å². The first kappa shape index (κ1) is 20.0. The van der Waals surface area contributed by atoms with Crippen LogP contribution in [0, 0.1) is 6.92 Å². The number of halogens is 2. The molecule has 0 radical (unpaired) electrons. The topological polar surface area (TPSA) is 79.0 Å². The predicted octanol–water partition coefficient (Wildman–Crippen LogP) is 2.10. The summed E-state index contributed by atoms with van der Waals surface area (Å²) in [6.45, 7) is 4.59. The maximum absolute atomic E-state index is 13.0. The molecule has 2 aliphatic rings. The van der Waals surface area contributed by atoms with Crippen molar-refractivity contribution in [3.63, 3.8) is 0 Å². The van der Waals surface area contributed by atoms with Crippen LogP contribution in [0.3, 0.4) is 0 Å². The van der Waals surface area contributed by atoms with Gasteiger partial charge in [0.15, 0.2) is 0 Å². The highest BCUT2D eigenvalue weighted by atomic mass is 19.3. The standard InChI is InChI=1S/C19H23F2N3O4/c1-11-7-13(16(20)21)9-14(8-11)17(25)24-5-4-23(10-12(24)2)18(26)15-3-6-28-19(27)22-15/h7-9,12,15-16H,3-6,10H2,1-2H3,(H,22,27)/t12-,15?/m0/s1. The number of alkyl carbamates (subject to hydrolysis) is 1. The largest absolute Gasteiger partial charge is 0.449 e. The van der Waals surface area contributed by atoms with Crippen molar-refractivity contribution in [2.45, 2.75) is 38.8 Å². The average Bonchev–Trinajstić information content (AvgIpc) is 2.66. The summed E-state index contributed by atoms with van der Waals surface area (Å²) in [5.74, 6) is -0.532. The Kier molecular flexibility index (Phi) is 5.81. The first-order valence-electron chi connectivity index (χ1n) is 9.19. The minimum atomic E-state index is -2.65. The molecular formula is C19H23F2N3O4. The summed E-state index contributed by atoms with van der Waals surface area (Å²) in [5.41, 5.74) is 0.636. The van der Waals surface area contributed by atoms with Crippen LogP contribution in [0.2, 0.25) is 0 Å². The maximum atomic E-state index is 13.0. The van der Waals surface area contributed by atoms with Crippen LogP contribution in [0.25, 0.3) is 0 Å². The Balaban J connectivity index is 1.67. The van der Waals surface area contributed by atoms with Crippen molar-refractivity contribution in [2.75, 3.05) is 26.2 Å². The van der Waals surface area contributed by atoms with Gasteiger partial charge in [0, 0.05) is 43.2 Å². The molecule has 2 heterocycles. The van der Waals surface area contributed by atoms with E-state index in [1.54, 1.807) is 22.8 Å². The van der Waals surface area contributed by atoms with E-state index in [0.717, 1.165) is 0 Å². The second-order valence-corrected chi connectivity index (χ2v) is 7.19. The van der Waals surface area contributed by atoms with Crippen LogP contribution in [0.5, 0.6) is 0 Å². The third kappa shape index (κ3) is 4.23. The summed E-state index contributed by atoms with van der Waals surface area (Å²) in [6.07, 6.45) is -2.86. The number of carbonyl (C=O) groups is 3. The van der Waals surface area contributed by atoms with E-state index < -0.39 is 18.6 Å². The number of cyclic esters (lactones) is 1. The minimum absolute atomic E-state index is 0.180. The molecule has 152 valence electrons. The zero-order valence-corrected chi connectivity index (χ0v) is 15.8. The number of ether oxygens (including phenoxy) is 1. The number of aryl methyl sites for hydroxylation is 1. The molecule has 2 fully saturated rings. The van der Waals surface area contributed by atoms with Crippen LogP contribution in [-0.4, -0.2) is 66.0 Å². The predicted molar refractivity (Wildman–Crippen MR) is 96.1 cm³/mol. The van der Waals surface area contributed by atoms with Crippen molar-refractivity contribution in [1.29, 1.82) is 0 Å². The Bertz CT molecular complexity index is 786. The molecule has 28 heavy (non-hydrogen) atoms. The minimum Gasteiger partial charge on any atom is -0.449 e.